The van der Waals surface area contributed by atoms with Crippen LogP contribution < -0.4 is 10.9 Å². The number of hydrogen-bond donors (Lipinski definition) is 1. The van der Waals surface area contributed by atoms with Crippen LogP contribution >= 0.6 is 15.9 Å². The number of likely N-dealkylation sites (N-methyl/N-ethyl adjacent to an activating group) is 1. The Morgan fingerprint density at radius 3 is 3.19 bits per heavy atom. The number of nitrogens with one attached hydrogen (secondary N) is 1. The molecule has 1 aromatic rings. The summed E-state index contributed by atoms with van der Waals surface area (Å²) in [6.45, 7) is 6.56. The highest BCUT2D eigenvalue weighted by molar-refractivity contribution is 9.10. The molecule has 6 nitrogen and oxygen atoms in total. The second kappa shape index (κ2) is 7.59. The van der Waals surface area contributed by atoms with E-state index in [2.05, 4.69) is 44.1 Å². The van der Waals surface area contributed by atoms with Gasteiger partial charge in [-0.15, -0.1) is 6.42 Å². The zero-order valence-corrected chi connectivity index (χ0v) is 13.6. The summed E-state index contributed by atoms with van der Waals surface area (Å²) in [6.07, 6.45) is 6.91. The zero-order chi connectivity index (χ0) is 15.2. The molecule has 114 valence electrons. The summed E-state index contributed by atoms with van der Waals surface area (Å²) in [5.74, 6) is 2.40. The van der Waals surface area contributed by atoms with E-state index in [4.69, 9.17) is 11.2 Å². The molecule has 0 aliphatic carbocycles. The largest absolute Gasteiger partial charge is 0.380 e. The molecule has 0 spiro atoms. The molecule has 1 N–H and O–H groups in total. The first kappa shape index (κ1) is 16.0. The van der Waals surface area contributed by atoms with E-state index in [-0.39, 0.29) is 18.2 Å². The molecule has 1 atom stereocenters. The number of aromatic nitrogens is 2. The molecule has 1 saturated heterocycles. The molecule has 1 aliphatic heterocycles. The fraction of sp³-hybridized carbons (Fsp3) is 0.571. The van der Waals surface area contributed by atoms with E-state index in [0.717, 1.165) is 26.2 Å². The van der Waals surface area contributed by atoms with Crippen LogP contribution in [0.5, 0.6) is 0 Å². The van der Waals surface area contributed by atoms with E-state index in [0.29, 0.717) is 16.7 Å². The number of terminal acetylenes is 1. The van der Waals surface area contributed by atoms with Gasteiger partial charge in [-0.3, -0.25) is 9.69 Å². The van der Waals surface area contributed by atoms with Gasteiger partial charge in [0.2, 0.25) is 0 Å². The molecule has 0 bridgehead atoms. The van der Waals surface area contributed by atoms with Gasteiger partial charge in [0.05, 0.1) is 24.6 Å². The molecule has 1 unspecified atom stereocenters. The normalized spacial score (nSPS) is 19.2. The van der Waals surface area contributed by atoms with Crippen molar-refractivity contribution in [1.29, 1.82) is 0 Å². The summed E-state index contributed by atoms with van der Waals surface area (Å²) >= 11 is 3.30. The average molecular weight is 355 g/mol. The second-order valence-electron chi connectivity index (χ2n) is 4.81. The second-order valence-corrected chi connectivity index (χ2v) is 5.60. The van der Waals surface area contributed by atoms with Gasteiger partial charge < -0.3 is 10.1 Å². The maximum Gasteiger partial charge on any atom is 0.284 e. The van der Waals surface area contributed by atoms with Crippen molar-refractivity contribution in [2.75, 3.05) is 38.1 Å². The summed E-state index contributed by atoms with van der Waals surface area (Å²) in [5.41, 5.74) is 0.420. The van der Waals surface area contributed by atoms with Crippen LogP contribution in [-0.2, 0) is 11.3 Å². The summed E-state index contributed by atoms with van der Waals surface area (Å²) in [5, 5.41) is 7.25. The Morgan fingerprint density at radius 2 is 2.48 bits per heavy atom. The Balaban J connectivity index is 1.99. The molecule has 0 amide bonds. The Morgan fingerprint density at radius 1 is 1.67 bits per heavy atom. The SMILES string of the molecule is C#CCn1ncc(NCC2CN(CC)CCO2)c(Br)c1=O. The minimum Gasteiger partial charge on any atom is -0.380 e. The minimum absolute atomic E-state index is 0.110. The van der Waals surface area contributed by atoms with E-state index < -0.39 is 0 Å². The zero-order valence-electron chi connectivity index (χ0n) is 12.0. The monoisotopic (exact) mass is 354 g/mol. The van der Waals surface area contributed by atoms with Crippen LogP contribution in [-0.4, -0.2) is 53.6 Å². The van der Waals surface area contributed by atoms with Crippen molar-refractivity contribution >= 4 is 21.6 Å². The third kappa shape index (κ3) is 4.06. The van der Waals surface area contributed by atoms with Crippen LogP contribution in [0, 0.1) is 12.3 Å². The van der Waals surface area contributed by atoms with Crippen LogP contribution in [0.2, 0.25) is 0 Å². The molecule has 2 heterocycles. The summed E-state index contributed by atoms with van der Waals surface area (Å²) in [7, 11) is 0. The molecular weight excluding hydrogens is 336 g/mol. The van der Waals surface area contributed by atoms with Crippen molar-refractivity contribution in [2.45, 2.75) is 19.6 Å². The standard InChI is InChI=1S/C14H19BrN4O2/c1-3-5-19-14(20)13(15)12(9-17-19)16-8-11-10-18(4-2)6-7-21-11/h1,9,11,16H,4-8,10H2,2H3. The Bertz CT molecular complexity index is 581. The molecule has 1 aliphatic rings. The minimum atomic E-state index is -0.238. The number of nitrogens with zero attached hydrogens (tertiary/aromatic N) is 3. The lowest BCUT2D eigenvalue weighted by molar-refractivity contribution is -0.0191. The maximum absolute atomic E-state index is 12.0. The summed E-state index contributed by atoms with van der Waals surface area (Å²) in [4.78, 5) is 14.3. The van der Waals surface area contributed by atoms with Crippen molar-refractivity contribution in [2.24, 2.45) is 0 Å². The van der Waals surface area contributed by atoms with Gasteiger partial charge in [0, 0.05) is 19.6 Å². The van der Waals surface area contributed by atoms with Gasteiger partial charge in [0.1, 0.15) is 11.0 Å². The summed E-state index contributed by atoms with van der Waals surface area (Å²) < 4.78 is 7.40. The molecule has 0 aromatic carbocycles. The first-order valence-corrected chi connectivity index (χ1v) is 7.72. The molecular formula is C14H19BrN4O2. The fourth-order valence-corrected chi connectivity index (χ4v) is 2.65. The fourth-order valence-electron chi connectivity index (χ4n) is 2.20. The van der Waals surface area contributed by atoms with Gasteiger partial charge in [-0.1, -0.05) is 12.8 Å². The number of rotatable bonds is 5. The van der Waals surface area contributed by atoms with Crippen LogP contribution in [0.1, 0.15) is 6.92 Å². The highest BCUT2D eigenvalue weighted by atomic mass is 79.9. The third-order valence-corrected chi connectivity index (χ3v) is 4.18. The lowest BCUT2D eigenvalue weighted by Crippen LogP contribution is -2.45. The number of morpholine rings is 1. The lowest BCUT2D eigenvalue weighted by atomic mass is 10.2. The predicted octanol–water partition coefficient (Wildman–Crippen LogP) is 0.772. The van der Waals surface area contributed by atoms with Gasteiger partial charge >= 0.3 is 0 Å². The maximum atomic E-state index is 12.0. The molecule has 1 aromatic heterocycles. The topological polar surface area (TPSA) is 59.4 Å². The predicted molar refractivity (Wildman–Crippen MR) is 85.4 cm³/mol. The number of halogens is 1. The first-order chi connectivity index (χ1) is 10.2. The van der Waals surface area contributed by atoms with Crippen molar-refractivity contribution < 1.29 is 4.74 Å². The van der Waals surface area contributed by atoms with Gasteiger partial charge in [-0.2, -0.15) is 5.10 Å². The number of anilines is 1. The van der Waals surface area contributed by atoms with Crippen molar-refractivity contribution in [3.8, 4) is 12.3 Å². The van der Waals surface area contributed by atoms with Gasteiger partial charge in [-0.05, 0) is 22.5 Å². The quantitative estimate of drug-likeness (QED) is 0.791. The number of hydrogen-bond acceptors (Lipinski definition) is 5. The van der Waals surface area contributed by atoms with E-state index in [9.17, 15) is 4.79 Å². The van der Waals surface area contributed by atoms with Crippen LogP contribution in [0.4, 0.5) is 5.69 Å². The van der Waals surface area contributed by atoms with Crippen LogP contribution in [0.3, 0.4) is 0 Å². The van der Waals surface area contributed by atoms with Crippen molar-refractivity contribution in [3.05, 3.63) is 21.0 Å². The highest BCUT2D eigenvalue weighted by Crippen LogP contribution is 2.16. The van der Waals surface area contributed by atoms with Crippen molar-refractivity contribution in [3.63, 3.8) is 0 Å². The van der Waals surface area contributed by atoms with Gasteiger partial charge in [-0.25, -0.2) is 4.68 Å². The van der Waals surface area contributed by atoms with E-state index in [1.54, 1.807) is 6.20 Å². The molecule has 1 fully saturated rings. The Hall–Kier alpha value is -1.36. The van der Waals surface area contributed by atoms with Gasteiger partial charge in [0.15, 0.2) is 0 Å². The summed E-state index contributed by atoms with van der Waals surface area (Å²) in [6, 6.07) is 0. The number of ether oxygens (including phenoxy) is 1. The van der Waals surface area contributed by atoms with Gasteiger partial charge in [0.25, 0.3) is 5.56 Å². The highest BCUT2D eigenvalue weighted by Gasteiger charge is 2.19. The Kier molecular flexibility index (Phi) is 5.79. The van der Waals surface area contributed by atoms with E-state index in [1.165, 1.54) is 4.68 Å². The smallest absolute Gasteiger partial charge is 0.284 e. The molecule has 21 heavy (non-hydrogen) atoms. The van der Waals surface area contributed by atoms with E-state index in [1.807, 2.05) is 0 Å². The van der Waals surface area contributed by atoms with Crippen molar-refractivity contribution in [1.82, 2.24) is 14.7 Å². The third-order valence-electron chi connectivity index (χ3n) is 3.42. The molecule has 0 radical (unpaired) electrons. The molecule has 2 rings (SSSR count). The average Bonchev–Trinajstić information content (AvgIpc) is 2.51. The first-order valence-electron chi connectivity index (χ1n) is 6.92. The molecule has 7 heteroatoms. The van der Waals surface area contributed by atoms with Crippen LogP contribution in [0.15, 0.2) is 15.5 Å². The van der Waals surface area contributed by atoms with Crippen LogP contribution in [0.25, 0.3) is 0 Å². The van der Waals surface area contributed by atoms with E-state index >= 15 is 0 Å². The molecule has 0 saturated carbocycles. The lowest BCUT2D eigenvalue weighted by Gasteiger charge is -2.32. The Labute approximate surface area is 132 Å².